The van der Waals surface area contributed by atoms with Crippen LogP contribution in [0.1, 0.15) is 54.4 Å². The zero-order chi connectivity index (χ0) is 18.2. The molecule has 0 radical (unpaired) electrons. The summed E-state index contributed by atoms with van der Waals surface area (Å²) in [6.07, 6.45) is 6.56. The third-order valence-corrected chi connectivity index (χ3v) is 8.43. The van der Waals surface area contributed by atoms with E-state index in [1.54, 1.807) is 4.31 Å². The van der Waals surface area contributed by atoms with Crippen LogP contribution >= 0.6 is 0 Å². The van der Waals surface area contributed by atoms with Crippen molar-refractivity contribution in [2.45, 2.75) is 70.7 Å². The summed E-state index contributed by atoms with van der Waals surface area (Å²) in [6, 6.07) is 2.76. The molecule has 0 spiro atoms. The molecular weight excluding hydrogens is 332 g/mol. The number of hydrogen-bond donors (Lipinski definition) is 0. The highest BCUT2D eigenvalue weighted by Crippen LogP contribution is 2.30. The summed E-state index contributed by atoms with van der Waals surface area (Å²) in [5.41, 5.74) is 3.92. The topological polar surface area (TPSA) is 40.6 Å². The van der Waals surface area contributed by atoms with Gasteiger partial charge in [0.2, 0.25) is 10.0 Å². The highest BCUT2D eigenvalue weighted by atomic mass is 32.2. The van der Waals surface area contributed by atoms with Crippen LogP contribution in [0.15, 0.2) is 11.0 Å². The second kappa shape index (κ2) is 7.37. The highest BCUT2D eigenvalue weighted by Gasteiger charge is 2.33. The maximum atomic E-state index is 13.3. The second-order valence-corrected chi connectivity index (χ2v) is 9.70. The van der Waals surface area contributed by atoms with Crippen molar-refractivity contribution >= 4 is 10.0 Å². The zero-order valence-electron chi connectivity index (χ0n) is 16.1. The monoisotopic (exact) mass is 364 g/mol. The fourth-order valence-electron chi connectivity index (χ4n) is 4.45. The fraction of sp³-hybridized carbons (Fsp3) is 0.700. The molecule has 25 heavy (non-hydrogen) atoms. The van der Waals surface area contributed by atoms with E-state index in [4.69, 9.17) is 0 Å². The van der Waals surface area contributed by atoms with Crippen LogP contribution < -0.4 is 0 Å². The molecule has 1 saturated heterocycles. The molecule has 0 bridgehead atoms. The Labute approximate surface area is 153 Å². The summed E-state index contributed by atoms with van der Waals surface area (Å²) in [5.74, 6) is 0. The van der Waals surface area contributed by atoms with Crippen LogP contribution in [-0.2, 0) is 10.0 Å². The molecule has 0 unspecified atom stereocenters. The van der Waals surface area contributed by atoms with E-state index in [0.29, 0.717) is 24.0 Å². The highest BCUT2D eigenvalue weighted by molar-refractivity contribution is 7.89. The van der Waals surface area contributed by atoms with Gasteiger partial charge in [-0.2, -0.15) is 4.31 Å². The molecular formula is C20H32N2O2S. The van der Waals surface area contributed by atoms with Gasteiger partial charge in [-0.25, -0.2) is 8.42 Å². The zero-order valence-corrected chi connectivity index (χ0v) is 17.0. The van der Waals surface area contributed by atoms with Crippen molar-refractivity contribution in [3.05, 3.63) is 28.3 Å². The van der Waals surface area contributed by atoms with Gasteiger partial charge in [0.1, 0.15) is 0 Å². The van der Waals surface area contributed by atoms with Crippen molar-refractivity contribution in [2.24, 2.45) is 0 Å². The van der Waals surface area contributed by atoms with Gasteiger partial charge in [-0.1, -0.05) is 25.3 Å². The molecule has 0 atom stereocenters. The van der Waals surface area contributed by atoms with Crippen LogP contribution in [0.3, 0.4) is 0 Å². The molecule has 2 aliphatic rings. The lowest BCUT2D eigenvalue weighted by Crippen LogP contribution is -2.52. The van der Waals surface area contributed by atoms with E-state index >= 15 is 0 Å². The van der Waals surface area contributed by atoms with Crippen LogP contribution in [0.5, 0.6) is 0 Å². The standard InChI is InChI=1S/C20H32N2O2S/c1-15-14-16(2)18(4)20(17(15)3)25(23,24)22-12-10-21(11-13-22)19-8-6-5-7-9-19/h14,19H,5-13H2,1-4H3. The molecule has 1 aromatic carbocycles. The lowest BCUT2D eigenvalue weighted by atomic mass is 9.94. The number of nitrogens with zero attached hydrogens (tertiary/aromatic N) is 2. The predicted octanol–water partition coefficient (Wildman–Crippen LogP) is 3.56. The van der Waals surface area contributed by atoms with Crippen molar-refractivity contribution in [3.63, 3.8) is 0 Å². The van der Waals surface area contributed by atoms with Gasteiger partial charge in [0.05, 0.1) is 4.90 Å². The number of hydrogen-bond acceptors (Lipinski definition) is 3. The Kier molecular flexibility index (Phi) is 5.57. The Bertz CT molecular complexity index is 702. The molecule has 1 aromatic rings. The molecule has 3 rings (SSSR count). The number of benzene rings is 1. The van der Waals surface area contributed by atoms with Crippen LogP contribution in [0.25, 0.3) is 0 Å². The molecule has 5 heteroatoms. The number of rotatable bonds is 3. The molecule has 1 saturated carbocycles. The predicted molar refractivity (Wildman–Crippen MR) is 103 cm³/mol. The van der Waals surface area contributed by atoms with Gasteiger partial charge < -0.3 is 0 Å². The smallest absolute Gasteiger partial charge is 0.243 e. The molecule has 0 aromatic heterocycles. The Hall–Kier alpha value is -0.910. The van der Waals surface area contributed by atoms with Crippen LogP contribution in [0.2, 0.25) is 0 Å². The van der Waals surface area contributed by atoms with Gasteiger partial charge in [0, 0.05) is 32.2 Å². The van der Waals surface area contributed by atoms with Crippen LogP contribution in [0, 0.1) is 27.7 Å². The van der Waals surface area contributed by atoms with Crippen molar-refractivity contribution in [2.75, 3.05) is 26.2 Å². The quantitative estimate of drug-likeness (QED) is 0.823. The van der Waals surface area contributed by atoms with Gasteiger partial charge >= 0.3 is 0 Å². The summed E-state index contributed by atoms with van der Waals surface area (Å²) in [6.45, 7) is 10.8. The first-order valence-electron chi connectivity index (χ1n) is 9.64. The molecule has 0 amide bonds. The lowest BCUT2D eigenvalue weighted by Gasteiger charge is -2.40. The van der Waals surface area contributed by atoms with E-state index in [0.717, 1.165) is 35.3 Å². The number of sulfonamides is 1. The largest absolute Gasteiger partial charge is 0.298 e. The summed E-state index contributed by atoms with van der Waals surface area (Å²) in [7, 11) is -3.42. The van der Waals surface area contributed by atoms with Crippen molar-refractivity contribution < 1.29 is 8.42 Å². The molecule has 0 N–H and O–H groups in total. The summed E-state index contributed by atoms with van der Waals surface area (Å²) in [5, 5.41) is 0. The van der Waals surface area contributed by atoms with Crippen molar-refractivity contribution in [1.82, 2.24) is 9.21 Å². The van der Waals surface area contributed by atoms with Gasteiger partial charge in [0.25, 0.3) is 0 Å². The Balaban J connectivity index is 1.79. The molecule has 2 fully saturated rings. The molecule has 140 valence electrons. The van der Waals surface area contributed by atoms with E-state index in [9.17, 15) is 8.42 Å². The first kappa shape index (κ1) is 18.9. The summed E-state index contributed by atoms with van der Waals surface area (Å²) in [4.78, 5) is 3.06. The average molecular weight is 365 g/mol. The van der Waals surface area contributed by atoms with Gasteiger partial charge in [0.15, 0.2) is 0 Å². The minimum absolute atomic E-state index is 0.538. The van der Waals surface area contributed by atoms with E-state index < -0.39 is 10.0 Å². The third kappa shape index (κ3) is 3.64. The summed E-state index contributed by atoms with van der Waals surface area (Å²) >= 11 is 0. The van der Waals surface area contributed by atoms with E-state index in [1.165, 1.54) is 32.1 Å². The maximum Gasteiger partial charge on any atom is 0.243 e. The average Bonchev–Trinajstić information content (AvgIpc) is 2.61. The number of aryl methyl sites for hydroxylation is 2. The van der Waals surface area contributed by atoms with Crippen molar-refractivity contribution in [1.29, 1.82) is 0 Å². The Morgan fingerprint density at radius 2 is 1.36 bits per heavy atom. The molecule has 1 aliphatic carbocycles. The SMILES string of the molecule is Cc1cc(C)c(C)c(S(=O)(=O)N2CCN(C3CCCCC3)CC2)c1C. The van der Waals surface area contributed by atoms with Gasteiger partial charge in [-0.05, 0) is 62.8 Å². The van der Waals surface area contributed by atoms with Gasteiger partial charge in [-0.3, -0.25) is 4.90 Å². The fourth-order valence-corrected chi connectivity index (χ4v) is 6.45. The van der Waals surface area contributed by atoms with Gasteiger partial charge in [-0.15, -0.1) is 0 Å². The normalized spacial score (nSPS) is 21.6. The van der Waals surface area contributed by atoms with Crippen LogP contribution in [0.4, 0.5) is 0 Å². The minimum atomic E-state index is -3.42. The van der Waals surface area contributed by atoms with Crippen LogP contribution in [-0.4, -0.2) is 49.8 Å². The first-order chi connectivity index (χ1) is 11.8. The number of piperazine rings is 1. The molecule has 4 nitrogen and oxygen atoms in total. The lowest BCUT2D eigenvalue weighted by molar-refractivity contribution is 0.111. The second-order valence-electron chi connectivity index (χ2n) is 7.82. The molecule has 1 heterocycles. The Morgan fingerprint density at radius 3 is 1.88 bits per heavy atom. The maximum absolute atomic E-state index is 13.3. The Morgan fingerprint density at radius 1 is 0.840 bits per heavy atom. The third-order valence-electron chi connectivity index (χ3n) is 6.26. The van der Waals surface area contributed by atoms with E-state index in [2.05, 4.69) is 11.0 Å². The minimum Gasteiger partial charge on any atom is -0.298 e. The first-order valence-corrected chi connectivity index (χ1v) is 11.1. The van der Waals surface area contributed by atoms with E-state index in [1.807, 2.05) is 27.7 Å². The molecule has 1 aliphatic heterocycles. The van der Waals surface area contributed by atoms with Crippen molar-refractivity contribution in [3.8, 4) is 0 Å². The van der Waals surface area contributed by atoms with E-state index in [-0.39, 0.29) is 0 Å². The summed E-state index contributed by atoms with van der Waals surface area (Å²) < 4.78 is 28.4.